The first-order valence-electron chi connectivity index (χ1n) is 7.30. The highest BCUT2D eigenvalue weighted by Gasteiger charge is 2.12. The van der Waals surface area contributed by atoms with E-state index in [0.717, 1.165) is 45.0 Å². The molecule has 0 radical (unpaired) electrons. The van der Waals surface area contributed by atoms with Gasteiger partial charge in [-0.25, -0.2) is 0 Å². The number of benzene rings is 1. The Hall–Kier alpha value is -0.560. The Morgan fingerprint density at radius 2 is 2.04 bits per heavy atom. The van der Waals surface area contributed by atoms with Crippen molar-refractivity contribution in [3.05, 3.63) is 29.3 Å². The van der Waals surface area contributed by atoms with E-state index in [1.54, 1.807) is 12.1 Å². The molecule has 1 aliphatic rings. The molecule has 1 amide bonds. The highest BCUT2D eigenvalue weighted by molar-refractivity contribution is 6.30. The monoisotopic (exact) mass is 382 g/mol. The number of hydrogen-bond donors (Lipinski definition) is 2. The molecule has 2 rings (SSSR count). The number of carbonyl (C=O) groups is 1. The number of halogens is 3. The number of piperazine rings is 1. The molecule has 23 heavy (non-hydrogen) atoms. The molecule has 0 unspecified atom stereocenters. The molecule has 8 heteroatoms. The molecule has 0 saturated carbocycles. The number of hydrogen-bond acceptors (Lipinski definition) is 4. The van der Waals surface area contributed by atoms with Crippen LogP contribution in [0, 0.1) is 0 Å². The van der Waals surface area contributed by atoms with Gasteiger partial charge in [0.25, 0.3) is 0 Å². The SMILES string of the molecule is CN(CCN1CCNCC1)CC(=O)Nc1cccc(Cl)c1.Cl.Cl. The van der Waals surface area contributed by atoms with E-state index in [4.69, 9.17) is 11.6 Å². The second kappa shape index (κ2) is 11.9. The van der Waals surface area contributed by atoms with Crippen LogP contribution in [-0.4, -0.2) is 68.6 Å². The maximum atomic E-state index is 12.0. The van der Waals surface area contributed by atoms with Gasteiger partial charge in [0.15, 0.2) is 0 Å². The lowest BCUT2D eigenvalue weighted by Crippen LogP contribution is -2.46. The summed E-state index contributed by atoms with van der Waals surface area (Å²) in [4.78, 5) is 16.4. The molecule has 0 atom stereocenters. The van der Waals surface area contributed by atoms with Crippen LogP contribution in [0.2, 0.25) is 5.02 Å². The average molecular weight is 384 g/mol. The number of nitrogens with zero attached hydrogens (tertiary/aromatic N) is 2. The Morgan fingerprint density at radius 1 is 1.35 bits per heavy atom. The van der Waals surface area contributed by atoms with Crippen molar-refractivity contribution < 1.29 is 4.79 Å². The zero-order valence-corrected chi connectivity index (χ0v) is 15.6. The van der Waals surface area contributed by atoms with Gasteiger partial charge in [0, 0.05) is 50.0 Å². The van der Waals surface area contributed by atoms with Gasteiger partial charge in [-0.2, -0.15) is 0 Å². The molecule has 0 aromatic heterocycles. The Morgan fingerprint density at radius 3 is 2.70 bits per heavy atom. The van der Waals surface area contributed by atoms with Crippen LogP contribution >= 0.6 is 36.4 Å². The number of amides is 1. The molecule has 0 aliphatic carbocycles. The third kappa shape index (κ3) is 8.74. The van der Waals surface area contributed by atoms with E-state index in [-0.39, 0.29) is 30.7 Å². The predicted molar refractivity (Wildman–Crippen MR) is 101 cm³/mol. The molecule has 1 saturated heterocycles. The van der Waals surface area contributed by atoms with Gasteiger partial charge < -0.3 is 10.6 Å². The highest BCUT2D eigenvalue weighted by Crippen LogP contribution is 2.14. The number of anilines is 1. The fourth-order valence-electron chi connectivity index (χ4n) is 2.34. The second-order valence-corrected chi connectivity index (χ2v) is 5.82. The van der Waals surface area contributed by atoms with Crippen molar-refractivity contribution in [1.82, 2.24) is 15.1 Å². The van der Waals surface area contributed by atoms with Crippen LogP contribution in [-0.2, 0) is 4.79 Å². The highest BCUT2D eigenvalue weighted by atomic mass is 35.5. The molecule has 0 bridgehead atoms. The quantitative estimate of drug-likeness (QED) is 0.788. The van der Waals surface area contributed by atoms with Crippen LogP contribution in [0.4, 0.5) is 5.69 Å². The van der Waals surface area contributed by atoms with Crippen LogP contribution in [0.1, 0.15) is 0 Å². The molecule has 1 aromatic rings. The molecule has 1 aromatic carbocycles. The summed E-state index contributed by atoms with van der Waals surface area (Å²) in [7, 11) is 1.97. The van der Waals surface area contributed by atoms with E-state index in [1.165, 1.54) is 0 Å². The van der Waals surface area contributed by atoms with Gasteiger partial charge >= 0.3 is 0 Å². The van der Waals surface area contributed by atoms with E-state index in [1.807, 2.05) is 24.1 Å². The van der Waals surface area contributed by atoms with Gasteiger partial charge in [-0.3, -0.25) is 14.6 Å². The summed E-state index contributed by atoms with van der Waals surface area (Å²) in [6.45, 7) is 6.56. The minimum Gasteiger partial charge on any atom is -0.325 e. The second-order valence-electron chi connectivity index (χ2n) is 5.39. The summed E-state index contributed by atoms with van der Waals surface area (Å²) in [6, 6.07) is 7.20. The van der Waals surface area contributed by atoms with Gasteiger partial charge in [0.05, 0.1) is 6.54 Å². The maximum Gasteiger partial charge on any atom is 0.238 e. The van der Waals surface area contributed by atoms with Crippen LogP contribution in [0.5, 0.6) is 0 Å². The van der Waals surface area contributed by atoms with Crippen molar-refractivity contribution in [3.8, 4) is 0 Å². The predicted octanol–water partition coefficient (Wildman–Crippen LogP) is 1.96. The molecule has 2 N–H and O–H groups in total. The smallest absolute Gasteiger partial charge is 0.238 e. The summed E-state index contributed by atoms with van der Waals surface area (Å²) in [5, 5.41) is 6.82. The molecular weight excluding hydrogens is 359 g/mol. The van der Waals surface area contributed by atoms with Crippen LogP contribution in [0.25, 0.3) is 0 Å². The number of likely N-dealkylation sites (N-methyl/N-ethyl adjacent to an activating group) is 1. The Bertz CT molecular complexity index is 470. The van der Waals surface area contributed by atoms with Crippen LogP contribution < -0.4 is 10.6 Å². The van der Waals surface area contributed by atoms with Crippen molar-refractivity contribution in [1.29, 1.82) is 0 Å². The van der Waals surface area contributed by atoms with Crippen molar-refractivity contribution in [2.24, 2.45) is 0 Å². The average Bonchev–Trinajstić information content (AvgIpc) is 2.46. The lowest BCUT2D eigenvalue weighted by atomic mass is 10.3. The molecule has 1 fully saturated rings. The lowest BCUT2D eigenvalue weighted by molar-refractivity contribution is -0.117. The third-order valence-corrected chi connectivity index (χ3v) is 3.76. The number of rotatable bonds is 6. The van der Waals surface area contributed by atoms with Gasteiger partial charge in [-0.05, 0) is 25.2 Å². The molecule has 132 valence electrons. The van der Waals surface area contributed by atoms with Crippen molar-refractivity contribution in [3.63, 3.8) is 0 Å². The van der Waals surface area contributed by atoms with Gasteiger partial charge in [-0.15, -0.1) is 24.8 Å². The number of nitrogens with one attached hydrogen (secondary N) is 2. The van der Waals surface area contributed by atoms with Crippen LogP contribution in [0.3, 0.4) is 0 Å². The Kier molecular flexibility index (Phi) is 11.6. The fourth-order valence-corrected chi connectivity index (χ4v) is 2.53. The van der Waals surface area contributed by atoms with E-state index in [2.05, 4.69) is 15.5 Å². The van der Waals surface area contributed by atoms with E-state index < -0.39 is 0 Å². The zero-order chi connectivity index (χ0) is 15.1. The molecule has 5 nitrogen and oxygen atoms in total. The Labute approximate surface area is 155 Å². The lowest BCUT2D eigenvalue weighted by Gasteiger charge is -2.28. The minimum absolute atomic E-state index is 0. The topological polar surface area (TPSA) is 47.6 Å². The van der Waals surface area contributed by atoms with Crippen LogP contribution in [0.15, 0.2) is 24.3 Å². The van der Waals surface area contributed by atoms with Crippen molar-refractivity contribution >= 4 is 48.0 Å². The standard InChI is InChI=1S/C15H23ClN4O.2ClH/c1-19(9-10-20-7-5-17-6-8-20)12-15(21)18-14-4-2-3-13(16)11-14;;/h2-4,11,17H,5-10,12H2,1H3,(H,18,21);2*1H. The van der Waals surface area contributed by atoms with Gasteiger partial charge in [0.2, 0.25) is 5.91 Å². The molecule has 1 heterocycles. The van der Waals surface area contributed by atoms with Gasteiger partial charge in [-0.1, -0.05) is 17.7 Å². The molecule has 0 spiro atoms. The summed E-state index contributed by atoms with van der Waals surface area (Å²) in [5.41, 5.74) is 0.739. The third-order valence-electron chi connectivity index (χ3n) is 3.53. The minimum atomic E-state index is -0.0138. The first-order chi connectivity index (χ1) is 10.1. The molecule has 1 aliphatic heterocycles. The summed E-state index contributed by atoms with van der Waals surface area (Å²) < 4.78 is 0. The first kappa shape index (κ1) is 22.4. The van der Waals surface area contributed by atoms with E-state index >= 15 is 0 Å². The normalized spacial score (nSPS) is 14.7. The molecular formula is C15H25Cl3N4O. The first-order valence-corrected chi connectivity index (χ1v) is 7.68. The summed E-state index contributed by atoms with van der Waals surface area (Å²) >= 11 is 5.90. The summed E-state index contributed by atoms with van der Waals surface area (Å²) in [6.07, 6.45) is 0. The van der Waals surface area contributed by atoms with Gasteiger partial charge in [0.1, 0.15) is 0 Å². The van der Waals surface area contributed by atoms with Crippen molar-refractivity contribution in [2.45, 2.75) is 0 Å². The zero-order valence-electron chi connectivity index (χ0n) is 13.3. The number of carbonyl (C=O) groups excluding carboxylic acids is 1. The van der Waals surface area contributed by atoms with E-state index in [0.29, 0.717) is 11.6 Å². The maximum absolute atomic E-state index is 12.0. The van der Waals surface area contributed by atoms with E-state index in [9.17, 15) is 4.79 Å². The fraction of sp³-hybridized carbons (Fsp3) is 0.533. The van der Waals surface area contributed by atoms with Crippen molar-refractivity contribution in [2.75, 3.05) is 58.2 Å². The largest absolute Gasteiger partial charge is 0.325 e. The Balaban J connectivity index is 0.00000242. The summed E-state index contributed by atoms with van der Waals surface area (Å²) in [5.74, 6) is -0.0138.